The van der Waals surface area contributed by atoms with Gasteiger partial charge in [0.1, 0.15) is 8.07 Å². The van der Waals surface area contributed by atoms with Crippen molar-refractivity contribution in [2.24, 2.45) is 0 Å². The fourth-order valence-corrected chi connectivity index (χ4v) is 3.12. The van der Waals surface area contributed by atoms with Crippen molar-refractivity contribution in [2.75, 3.05) is 5.75 Å². The van der Waals surface area contributed by atoms with Crippen molar-refractivity contribution < 1.29 is 4.79 Å². The molecule has 2 rings (SSSR count). The Morgan fingerprint density at radius 1 is 1.29 bits per heavy atom. The van der Waals surface area contributed by atoms with Crippen molar-refractivity contribution in [3.8, 4) is 11.5 Å². The number of hydrogen-bond donors (Lipinski definition) is 0. The summed E-state index contributed by atoms with van der Waals surface area (Å²) < 4.78 is 0. The average molecular weight is 260 g/mol. The number of thioether (sulfide) groups is 1. The molecule has 0 atom stereocenters. The van der Waals surface area contributed by atoms with Crippen LogP contribution < -0.4 is 0 Å². The van der Waals surface area contributed by atoms with Gasteiger partial charge < -0.3 is 0 Å². The van der Waals surface area contributed by atoms with E-state index >= 15 is 0 Å². The molecule has 0 N–H and O–H groups in total. The van der Waals surface area contributed by atoms with Gasteiger partial charge in [-0.25, -0.2) is 0 Å². The standard InChI is InChI=1S/C14H16OSSi/c1-17(2,3)9-7-11-4-5-14-12(10-11)13(15)6-8-16-14/h4-5,10H,6,8H2,1-3H3. The van der Waals surface area contributed by atoms with Crippen molar-refractivity contribution in [2.45, 2.75) is 31.0 Å². The lowest BCUT2D eigenvalue weighted by Crippen LogP contribution is -2.16. The second-order valence-corrected chi connectivity index (χ2v) is 11.1. The summed E-state index contributed by atoms with van der Waals surface area (Å²) >= 11 is 1.76. The van der Waals surface area contributed by atoms with Crippen molar-refractivity contribution in [3.05, 3.63) is 29.3 Å². The van der Waals surface area contributed by atoms with Gasteiger partial charge in [-0.3, -0.25) is 4.79 Å². The summed E-state index contributed by atoms with van der Waals surface area (Å²) in [5.41, 5.74) is 5.17. The molecular weight excluding hydrogens is 244 g/mol. The van der Waals surface area contributed by atoms with E-state index in [1.54, 1.807) is 11.8 Å². The molecule has 0 aliphatic carbocycles. The van der Waals surface area contributed by atoms with Crippen LogP contribution in [-0.4, -0.2) is 19.6 Å². The topological polar surface area (TPSA) is 17.1 Å². The molecule has 1 heterocycles. The number of hydrogen-bond acceptors (Lipinski definition) is 2. The van der Waals surface area contributed by atoms with Crippen LogP contribution in [0.15, 0.2) is 23.1 Å². The molecule has 0 bridgehead atoms. The Balaban J connectivity index is 2.35. The van der Waals surface area contributed by atoms with Crippen molar-refractivity contribution in [3.63, 3.8) is 0 Å². The molecule has 0 fully saturated rings. The van der Waals surface area contributed by atoms with E-state index in [0.29, 0.717) is 6.42 Å². The lowest BCUT2D eigenvalue weighted by atomic mass is 10.1. The maximum atomic E-state index is 11.8. The van der Waals surface area contributed by atoms with Gasteiger partial charge in [-0.05, 0) is 18.2 Å². The largest absolute Gasteiger partial charge is 0.294 e. The zero-order valence-electron chi connectivity index (χ0n) is 10.5. The summed E-state index contributed by atoms with van der Waals surface area (Å²) in [6.07, 6.45) is 0.655. The number of Topliss-reactive ketones (excluding diaryl/α,β-unsaturated/α-hetero) is 1. The van der Waals surface area contributed by atoms with Gasteiger partial charge in [0.25, 0.3) is 0 Å². The quantitative estimate of drug-likeness (QED) is 0.524. The molecule has 0 radical (unpaired) electrons. The Morgan fingerprint density at radius 3 is 2.76 bits per heavy atom. The summed E-state index contributed by atoms with van der Waals surface area (Å²) in [5, 5.41) is 0. The van der Waals surface area contributed by atoms with Gasteiger partial charge in [-0.15, -0.1) is 17.3 Å². The highest BCUT2D eigenvalue weighted by Crippen LogP contribution is 2.30. The van der Waals surface area contributed by atoms with Crippen LogP contribution in [0.5, 0.6) is 0 Å². The Kier molecular flexibility index (Phi) is 3.46. The molecule has 1 aromatic rings. The summed E-state index contributed by atoms with van der Waals surface area (Å²) in [5.74, 6) is 4.37. The monoisotopic (exact) mass is 260 g/mol. The Bertz CT molecular complexity index is 517. The number of rotatable bonds is 0. The van der Waals surface area contributed by atoms with E-state index in [9.17, 15) is 4.79 Å². The zero-order chi connectivity index (χ0) is 12.5. The van der Waals surface area contributed by atoms with Crippen LogP contribution in [0.2, 0.25) is 19.6 Å². The zero-order valence-corrected chi connectivity index (χ0v) is 12.3. The second kappa shape index (κ2) is 4.71. The lowest BCUT2D eigenvalue weighted by Gasteiger charge is -2.13. The van der Waals surface area contributed by atoms with Gasteiger partial charge in [0.05, 0.1) is 0 Å². The minimum Gasteiger partial charge on any atom is -0.294 e. The van der Waals surface area contributed by atoms with Gasteiger partial charge >= 0.3 is 0 Å². The molecule has 88 valence electrons. The second-order valence-electron chi connectivity index (χ2n) is 5.23. The number of carbonyl (C=O) groups excluding carboxylic acids is 1. The molecule has 0 amide bonds. The van der Waals surface area contributed by atoms with Gasteiger partial charge in [0, 0.05) is 28.2 Å². The molecular formula is C14H16OSSi. The Morgan fingerprint density at radius 2 is 2.06 bits per heavy atom. The van der Waals surface area contributed by atoms with E-state index in [0.717, 1.165) is 21.8 Å². The van der Waals surface area contributed by atoms with E-state index in [-0.39, 0.29) is 5.78 Å². The highest BCUT2D eigenvalue weighted by molar-refractivity contribution is 7.99. The molecule has 17 heavy (non-hydrogen) atoms. The number of carbonyl (C=O) groups is 1. The molecule has 1 nitrogen and oxygen atoms in total. The van der Waals surface area contributed by atoms with Crippen LogP contribution in [0.3, 0.4) is 0 Å². The van der Waals surface area contributed by atoms with Crippen LogP contribution >= 0.6 is 11.8 Å². The highest BCUT2D eigenvalue weighted by Gasteiger charge is 2.17. The Labute approximate surface area is 108 Å². The van der Waals surface area contributed by atoms with Crippen LogP contribution in [-0.2, 0) is 0 Å². The number of fused-ring (bicyclic) bond motifs is 1. The first kappa shape index (κ1) is 12.5. The molecule has 3 heteroatoms. The fraction of sp³-hybridized carbons (Fsp3) is 0.357. The third-order valence-electron chi connectivity index (χ3n) is 2.45. The maximum Gasteiger partial charge on any atom is 0.164 e. The maximum absolute atomic E-state index is 11.8. The third kappa shape index (κ3) is 3.24. The smallest absolute Gasteiger partial charge is 0.164 e. The van der Waals surface area contributed by atoms with E-state index in [2.05, 4.69) is 31.1 Å². The molecule has 1 aliphatic heterocycles. The minimum atomic E-state index is -1.34. The lowest BCUT2D eigenvalue weighted by molar-refractivity contribution is 0.0985. The van der Waals surface area contributed by atoms with Crippen LogP contribution in [0.4, 0.5) is 0 Å². The number of ketones is 1. The van der Waals surface area contributed by atoms with Crippen LogP contribution in [0.1, 0.15) is 22.3 Å². The highest BCUT2D eigenvalue weighted by atomic mass is 32.2. The van der Waals surface area contributed by atoms with Gasteiger partial charge in [0.2, 0.25) is 0 Å². The SMILES string of the molecule is C[Si](C)(C)C#Cc1ccc2c(c1)C(=O)CCS2. The normalized spacial score (nSPS) is 14.9. The first-order chi connectivity index (χ1) is 7.96. The molecule has 0 aromatic heterocycles. The van der Waals surface area contributed by atoms with Gasteiger partial charge in [0.15, 0.2) is 5.78 Å². The third-order valence-corrected chi connectivity index (χ3v) is 4.40. The first-order valence-corrected chi connectivity index (χ1v) is 10.3. The summed E-state index contributed by atoms with van der Waals surface area (Å²) in [4.78, 5) is 12.9. The predicted octanol–water partition coefficient (Wildman–Crippen LogP) is 3.59. The van der Waals surface area contributed by atoms with Gasteiger partial charge in [-0.1, -0.05) is 25.6 Å². The summed E-state index contributed by atoms with van der Waals surface area (Å²) in [6.45, 7) is 6.66. The van der Waals surface area contributed by atoms with Crippen LogP contribution in [0, 0.1) is 11.5 Å². The molecule has 0 spiro atoms. The van der Waals surface area contributed by atoms with Crippen molar-refractivity contribution >= 4 is 25.6 Å². The van der Waals surface area contributed by atoms with E-state index in [1.807, 2.05) is 18.2 Å². The molecule has 0 unspecified atom stereocenters. The predicted molar refractivity (Wildman–Crippen MR) is 76.3 cm³/mol. The number of benzene rings is 1. The first-order valence-electron chi connectivity index (χ1n) is 5.79. The molecule has 0 saturated heterocycles. The molecule has 0 saturated carbocycles. The molecule has 1 aromatic carbocycles. The van der Waals surface area contributed by atoms with Crippen molar-refractivity contribution in [1.29, 1.82) is 0 Å². The average Bonchev–Trinajstić information content (AvgIpc) is 2.26. The summed E-state index contributed by atoms with van der Waals surface area (Å²) in [7, 11) is -1.34. The van der Waals surface area contributed by atoms with E-state index in [1.165, 1.54) is 0 Å². The minimum absolute atomic E-state index is 0.260. The van der Waals surface area contributed by atoms with Gasteiger partial charge in [-0.2, -0.15) is 0 Å². The fourth-order valence-electron chi connectivity index (χ4n) is 1.60. The van der Waals surface area contributed by atoms with Crippen LogP contribution in [0.25, 0.3) is 0 Å². The van der Waals surface area contributed by atoms with Crippen molar-refractivity contribution in [1.82, 2.24) is 0 Å². The van der Waals surface area contributed by atoms with E-state index in [4.69, 9.17) is 0 Å². The molecule has 1 aliphatic rings. The summed E-state index contributed by atoms with van der Waals surface area (Å²) in [6, 6.07) is 6.01. The Hall–Kier alpha value is -0.983. The van der Waals surface area contributed by atoms with E-state index < -0.39 is 8.07 Å².